The smallest absolute Gasteiger partial charge is 0.131 e. The Morgan fingerprint density at radius 3 is 2.72 bits per heavy atom. The minimum Gasteiger partial charge on any atom is -0.381 e. The molecule has 18 heavy (non-hydrogen) atoms. The molecule has 1 aromatic heterocycles. The van der Waals surface area contributed by atoms with E-state index in [9.17, 15) is 0 Å². The number of aromatic nitrogens is 2. The van der Waals surface area contributed by atoms with Crippen molar-refractivity contribution in [3.63, 3.8) is 0 Å². The Balaban J connectivity index is 2.10. The van der Waals surface area contributed by atoms with Crippen molar-refractivity contribution in [2.45, 2.75) is 26.3 Å². The standard InChI is InChI=1S/C13H24N4O/c1-10-12(8-14)13(17(3)15-10)16(2)9-11-4-6-18-7-5-11/h11H,4-9,14H2,1-3H3. The first-order valence-electron chi connectivity index (χ1n) is 6.65. The van der Waals surface area contributed by atoms with Crippen LogP contribution in [0, 0.1) is 12.8 Å². The molecule has 1 aliphatic heterocycles. The minimum atomic E-state index is 0.549. The van der Waals surface area contributed by atoms with Crippen LogP contribution in [0.4, 0.5) is 5.82 Å². The summed E-state index contributed by atoms with van der Waals surface area (Å²) in [6.45, 7) is 5.41. The zero-order chi connectivity index (χ0) is 13.1. The van der Waals surface area contributed by atoms with Crippen LogP contribution >= 0.6 is 0 Å². The average Bonchev–Trinajstić information content (AvgIpc) is 2.64. The monoisotopic (exact) mass is 252 g/mol. The molecule has 1 aliphatic rings. The predicted molar refractivity (Wildman–Crippen MR) is 72.6 cm³/mol. The van der Waals surface area contributed by atoms with Crippen LogP contribution in [-0.2, 0) is 18.3 Å². The summed E-state index contributed by atoms with van der Waals surface area (Å²) in [5.41, 5.74) is 8.03. The van der Waals surface area contributed by atoms with Gasteiger partial charge in [-0.25, -0.2) is 0 Å². The molecule has 0 aliphatic carbocycles. The van der Waals surface area contributed by atoms with E-state index in [-0.39, 0.29) is 0 Å². The molecule has 0 spiro atoms. The molecule has 5 nitrogen and oxygen atoms in total. The third kappa shape index (κ3) is 2.67. The maximum atomic E-state index is 5.84. The number of aryl methyl sites for hydroxylation is 2. The van der Waals surface area contributed by atoms with E-state index in [1.54, 1.807) is 0 Å². The molecule has 102 valence electrons. The summed E-state index contributed by atoms with van der Waals surface area (Å²) in [5.74, 6) is 1.87. The molecule has 2 rings (SSSR count). The van der Waals surface area contributed by atoms with E-state index in [0.29, 0.717) is 12.5 Å². The van der Waals surface area contributed by atoms with Crippen molar-refractivity contribution < 1.29 is 4.74 Å². The topological polar surface area (TPSA) is 56.3 Å². The molecule has 0 saturated carbocycles. The summed E-state index contributed by atoms with van der Waals surface area (Å²) in [4.78, 5) is 2.29. The summed E-state index contributed by atoms with van der Waals surface area (Å²) < 4.78 is 7.34. The van der Waals surface area contributed by atoms with Gasteiger partial charge >= 0.3 is 0 Å². The third-order valence-electron chi connectivity index (χ3n) is 3.75. The first-order valence-corrected chi connectivity index (χ1v) is 6.65. The van der Waals surface area contributed by atoms with Crippen molar-refractivity contribution in [2.75, 3.05) is 31.7 Å². The van der Waals surface area contributed by atoms with Crippen LogP contribution in [0.25, 0.3) is 0 Å². The van der Waals surface area contributed by atoms with Crippen molar-refractivity contribution in [1.82, 2.24) is 9.78 Å². The molecule has 0 atom stereocenters. The summed E-state index contributed by atoms with van der Waals surface area (Å²) in [5, 5.41) is 4.47. The Morgan fingerprint density at radius 2 is 2.11 bits per heavy atom. The van der Waals surface area contributed by atoms with E-state index in [1.807, 2.05) is 18.7 Å². The highest BCUT2D eigenvalue weighted by molar-refractivity contribution is 5.49. The zero-order valence-corrected chi connectivity index (χ0v) is 11.6. The Hall–Kier alpha value is -1.07. The number of rotatable bonds is 4. The molecule has 0 radical (unpaired) electrons. The highest BCUT2D eigenvalue weighted by Gasteiger charge is 2.20. The van der Waals surface area contributed by atoms with E-state index in [1.165, 1.54) is 0 Å². The maximum absolute atomic E-state index is 5.84. The van der Waals surface area contributed by atoms with Crippen LogP contribution < -0.4 is 10.6 Å². The lowest BCUT2D eigenvalue weighted by atomic mass is 10.00. The van der Waals surface area contributed by atoms with Gasteiger partial charge in [-0.05, 0) is 25.7 Å². The fraction of sp³-hybridized carbons (Fsp3) is 0.769. The fourth-order valence-electron chi connectivity index (χ4n) is 2.81. The van der Waals surface area contributed by atoms with Gasteiger partial charge in [-0.2, -0.15) is 5.10 Å². The first kappa shape index (κ1) is 13.4. The number of hydrogen-bond donors (Lipinski definition) is 1. The minimum absolute atomic E-state index is 0.549. The van der Waals surface area contributed by atoms with Gasteiger partial charge in [-0.15, -0.1) is 0 Å². The van der Waals surface area contributed by atoms with Crippen molar-refractivity contribution in [3.8, 4) is 0 Å². The molecule has 1 fully saturated rings. The van der Waals surface area contributed by atoms with Gasteiger partial charge in [0.25, 0.3) is 0 Å². The average molecular weight is 252 g/mol. The maximum Gasteiger partial charge on any atom is 0.131 e. The lowest BCUT2D eigenvalue weighted by Crippen LogP contribution is -2.31. The number of anilines is 1. The van der Waals surface area contributed by atoms with Gasteiger partial charge in [0.1, 0.15) is 5.82 Å². The lowest BCUT2D eigenvalue weighted by Gasteiger charge is -2.28. The SMILES string of the molecule is Cc1nn(C)c(N(C)CC2CCOCC2)c1CN. The molecule has 0 bridgehead atoms. The highest BCUT2D eigenvalue weighted by atomic mass is 16.5. The molecule has 5 heteroatoms. The first-order chi connectivity index (χ1) is 8.63. The van der Waals surface area contributed by atoms with E-state index < -0.39 is 0 Å². The van der Waals surface area contributed by atoms with E-state index >= 15 is 0 Å². The molecule has 2 heterocycles. The summed E-state index contributed by atoms with van der Waals surface area (Å²) in [6, 6.07) is 0. The lowest BCUT2D eigenvalue weighted by molar-refractivity contribution is 0.0684. The van der Waals surface area contributed by atoms with Gasteiger partial charge in [0.05, 0.1) is 5.69 Å². The van der Waals surface area contributed by atoms with Crippen molar-refractivity contribution in [1.29, 1.82) is 0 Å². The predicted octanol–water partition coefficient (Wildman–Crippen LogP) is 1.05. The summed E-state index contributed by atoms with van der Waals surface area (Å²) in [6.07, 6.45) is 2.30. The molecule has 2 N–H and O–H groups in total. The largest absolute Gasteiger partial charge is 0.381 e. The molecule has 0 unspecified atom stereocenters. The Labute approximate surface area is 109 Å². The van der Waals surface area contributed by atoms with Crippen LogP contribution in [0.2, 0.25) is 0 Å². The quantitative estimate of drug-likeness (QED) is 0.870. The van der Waals surface area contributed by atoms with Crippen LogP contribution in [0.15, 0.2) is 0 Å². The fourth-order valence-corrected chi connectivity index (χ4v) is 2.81. The van der Waals surface area contributed by atoms with Crippen molar-refractivity contribution >= 4 is 5.82 Å². The van der Waals surface area contributed by atoms with Gasteiger partial charge in [0.15, 0.2) is 0 Å². The third-order valence-corrected chi connectivity index (χ3v) is 3.75. The second-order valence-corrected chi connectivity index (χ2v) is 5.15. The molecule has 0 amide bonds. The molecule has 0 aromatic carbocycles. The number of nitrogens with two attached hydrogens (primary N) is 1. The van der Waals surface area contributed by atoms with Crippen molar-refractivity contribution in [2.24, 2.45) is 18.7 Å². The van der Waals surface area contributed by atoms with Crippen LogP contribution in [-0.4, -0.2) is 36.6 Å². The van der Waals surface area contributed by atoms with Gasteiger partial charge in [0.2, 0.25) is 0 Å². The summed E-state index contributed by atoms with van der Waals surface area (Å²) >= 11 is 0. The van der Waals surface area contributed by atoms with E-state index in [0.717, 1.165) is 49.7 Å². The van der Waals surface area contributed by atoms with E-state index in [4.69, 9.17) is 10.5 Å². The number of nitrogens with zero attached hydrogens (tertiary/aromatic N) is 3. The molecular formula is C13H24N4O. The molecule has 1 aromatic rings. The second kappa shape index (κ2) is 5.71. The zero-order valence-electron chi connectivity index (χ0n) is 11.6. The van der Waals surface area contributed by atoms with Crippen LogP contribution in [0.5, 0.6) is 0 Å². The molecular weight excluding hydrogens is 228 g/mol. The van der Waals surface area contributed by atoms with Crippen molar-refractivity contribution in [3.05, 3.63) is 11.3 Å². The van der Waals surface area contributed by atoms with Gasteiger partial charge in [0, 0.05) is 46.0 Å². The van der Waals surface area contributed by atoms with Gasteiger partial charge in [-0.3, -0.25) is 4.68 Å². The Morgan fingerprint density at radius 1 is 1.44 bits per heavy atom. The Kier molecular flexibility index (Phi) is 4.24. The molecule has 1 saturated heterocycles. The second-order valence-electron chi connectivity index (χ2n) is 5.15. The normalized spacial score (nSPS) is 17.1. The summed E-state index contributed by atoms with van der Waals surface area (Å²) in [7, 11) is 4.12. The van der Waals surface area contributed by atoms with E-state index in [2.05, 4.69) is 17.0 Å². The number of hydrogen-bond acceptors (Lipinski definition) is 4. The van der Waals surface area contributed by atoms with Crippen LogP contribution in [0.3, 0.4) is 0 Å². The Bertz CT molecular complexity index is 396. The van der Waals surface area contributed by atoms with Crippen LogP contribution in [0.1, 0.15) is 24.1 Å². The van der Waals surface area contributed by atoms with Gasteiger partial charge < -0.3 is 15.4 Å². The highest BCUT2D eigenvalue weighted by Crippen LogP contribution is 2.24. The number of ether oxygens (including phenoxy) is 1. The van der Waals surface area contributed by atoms with Gasteiger partial charge in [-0.1, -0.05) is 0 Å².